The lowest BCUT2D eigenvalue weighted by atomic mass is 9.77. The van der Waals surface area contributed by atoms with E-state index < -0.39 is 47.5 Å². The van der Waals surface area contributed by atoms with Gasteiger partial charge in [-0.15, -0.1) is 0 Å². The highest BCUT2D eigenvalue weighted by atomic mass is 16.5. The maximum atomic E-state index is 13.9. The Morgan fingerprint density at radius 1 is 0.932 bits per heavy atom. The highest BCUT2D eigenvalue weighted by Gasteiger charge is 2.43. The summed E-state index contributed by atoms with van der Waals surface area (Å²) in [5.74, 6) is -4.66. The van der Waals surface area contributed by atoms with Crippen molar-refractivity contribution in [1.82, 2.24) is 15.5 Å². The zero-order valence-electron chi connectivity index (χ0n) is 24.9. The van der Waals surface area contributed by atoms with Crippen molar-refractivity contribution in [3.05, 3.63) is 77.4 Å². The van der Waals surface area contributed by atoms with E-state index in [0.29, 0.717) is 18.6 Å². The lowest BCUT2D eigenvalue weighted by molar-refractivity contribution is -0.149. The Balaban J connectivity index is 1.35. The van der Waals surface area contributed by atoms with Crippen LogP contribution in [0.5, 0.6) is 5.75 Å². The number of likely N-dealkylation sites (N-methyl/N-ethyl adjacent to an activating group) is 1. The summed E-state index contributed by atoms with van der Waals surface area (Å²) < 4.78 is 5.20. The predicted octanol–water partition coefficient (Wildman–Crippen LogP) is 3.82. The molecule has 4 amide bonds. The molecule has 5 rings (SSSR count). The maximum absolute atomic E-state index is 13.9. The number of rotatable bonds is 12. The number of imide groups is 1. The number of nitrogens with zero attached hydrogens (tertiary/aromatic N) is 1. The van der Waals surface area contributed by atoms with Crippen LogP contribution in [0.2, 0.25) is 0 Å². The molecule has 0 bridgehead atoms. The topological polar surface area (TPSA) is 142 Å². The smallest absolute Gasteiger partial charge is 0.307 e. The highest BCUT2D eigenvalue weighted by Crippen LogP contribution is 2.38. The van der Waals surface area contributed by atoms with E-state index in [-0.39, 0.29) is 36.4 Å². The molecule has 2 aliphatic rings. The third kappa shape index (κ3) is 6.29. The molecule has 0 spiro atoms. The molecule has 0 aromatic heterocycles. The van der Waals surface area contributed by atoms with Gasteiger partial charge in [0.2, 0.25) is 11.8 Å². The number of amides is 4. The highest BCUT2D eigenvalue weighted by molar-refractivity contribution is 6.23. The number of benzene rings is 3. The molecule has 3 unspecified atom stereocenters. The first-order valence-corrected chi connectivity index (χ1v) is 15.0. The van der Waals surface area contributed by atoms with Gasteiger partial charge in [0.05, 0.1) is 30.1 Å². The number of fused-ring (bicyclic) bond motifs is 2. The summed E-state index contributed by atoms with van der Waals surface area (Å²) in [4.78, 5) is 67.1. The minimum absolute atomic E-state index is 0.0853. The number of hydrogen-bond acceptors (Lipinski definition) is 6. The molecule has 1 heterocycles. The lowest BCUT2D eigenvalue weighted by Crippen LogP contribution is -2.52. The third-order valence-electron chi connectivity index (χ3n) is 8.94. The first-order chi connectivity index (χ1) is 21.2. The number of carbonyl (C=O) groups is 5. The van der Waals surface area contributed by atoms with Crippen molar-refractivity contribution in [2.45, 2.75) is 44.6 Å². The number of hydrogen-bond donors (Lipinski definition) is 3. The van der Waals surface area contributed by atoms with Crippen molar-refractivity contribution >= 4 is 40.4 Å². The van der Waals surface area contributed by atoms with Gasteiger partial charge in [0, 0.05) is 20.0 Å². The number of aliphatic carboxylic acids is 1. The van der Waals surface area contributed by atoms with Gasteiger partial charge in [-0.25, -0.2) is 0 Å². The molecule has 1 fully saturated rings. The minimum atomic E-state index is -1.17. The van der Waals surface area contributed by atoms with Crippen molar-refractivity contribution < 1.29 is 33.8 Å². The van der Waals surface area contributed by atoms with Crippen molar-refractivity contribution in [2.75, 3.05) is 20.7 Å². The molecular formula is C34H37N3O7. The van der Waals surface area contributed by atoms with E-state index in [0.717, 1.165) is 34.1 Å². The number of carbonyl (C=O) groups excluding carboxylic acids is 4. The van der Waals surface area contributed by atoms with Gasteiger partial charge in [0.15, 0.2) is 0 Å². The van der Waals surface area contributed by atoms with Crippen LogP contribution >= 0.6 is 0 Å². The van der Waals surface area contributed by atoms with Crippen molar-refractivity contribution in [1.29, 1.82) is 0 Å². The molecular weight excluding hydrogens is 562 g/mol. The number of ether oxygens (including phenoxy) is 1. The van der Waals surface area contributed by atoms with Gasteiger partial charge in [-0.3, -0.25) is 28.9 Å². The molecule has 10 heteroatoms. The fraction of sp³-hybridized carbons (Fsp3) is 0.382. The van der Waals surface area contributed by atoms with E-state index in [1.807, 2.05) is 24.3 Å². The molecule has 44 heavy (non-hydrogen) atoms. The Hall–Kier alpha value is -4.73. The summed E-state index contributed by atoms with van der Waals surface area (Å²) >= 11 is 0. The molecule has 3 aromatic rings. The van der Waals surface area contributed by atoms with Gasteiger partial charge in [0.1, 0.15) is 11.8 Å². The van der Waals surface area contributed by atoms with E-state index in [1.165, 1.54) is 7.05 Å². The number of nitrogens with one attached hydrogen (secondary N) is 2. The second kappa shape index (κ2) is 13.3. The zero-order valence-corrected chi connectivity index (χ0v) is 24.9. The van der Waals surface area contributed by atoms with Crippen LogP contribution < -0.4 is 15.4 Å². The number of methoxy groups -OCH3 is 1. The summed E-state index contributed by atoms with van der Waals surface area (Å²) in [5, 5.41) is 17.5. The summed E-state index contributed by atoms with van der Waals surface area (Å²) in [6, 6.07) is 17.0. The normalized spacial score (nSPS) is 16.8. The van der Waals surface area contributed by atoms with Gasteiger partial charge in [-0.1, -0.05) is 49.2 Å². The van der Waals surface area contributed by atoms with Gasteiger partial charge in [-0.2, -0.15) is 0 Å². The van der Waals surface area contributed by atoms with Crippen molar-refractivity contribution in [2.24, 2.45) is 17.8 Å². The monoisotopic (exact) mass is 599 g/mol. The van der Waals surface area contributed by atoms with Gasteiger partial charge in [-0.05, 0) is 65.8 Å². The van der Waals surface area contributed by atoms with Crippen LogP contribution in [-0.2, 0) is 20.8 Å². The quantitative estimate of drug-likeness (QED) is 0.269. The molecule has 1 saturated carbocycles. The van der Waals surface area contributed by atoms with E-state index in [4.69, 9.17) is 4.74 Å². The number of carboxylic acid groups (broad SMARTS) is 1. The Bertz CT molecular complexity index is 1520. The summed E-state index contributed by atoms with van der Waals surface area (Å²) in [6.45, 7) is -0.138. The standard InChI is InChI=1S/C34H37N3O7/c1-35-30(38)28(17-20-11-13-24(44-2)14-12-20)36-31(39)29(21-7-3-4-8-21)25(34(42)43)15-16-37-32(40)26-18-22-9-5-6-10-23(22)19-27(26)33(37)41/h5-6,9-14,18-19,21,25,28-29H,3-4,7-8,15-17H2,1-2H3,(H,35,38)(H,36,39)(H,42,43). The van der Waals surface area contributed by atoms with Crippen LogP contribution in [0, 0.1) is 17.8 Å². The Labute approximate surface area is 255 Å². The van der Waals surface area contributed by atoms with Crippen LogP contribution in [0.3, 0.4) is 0 Å². The first-order valence-electron chi connectivity index (χ1n) is 15.0. The maximum Gasteiger partial charge on any atom is 0.307 e. The molecule has 230 valence electrons. The molecule has 0 radical (unpaired) electrons. The Morgan fingerprint density at radius 2 is 1.52 bits per heavy atom. The molecule has 1 aliphatic heterocycles. The lowest BCUT2D eigenvalue weighted by Gasteiger charge is -2.30. The molecule has 3 atom stereocenters. The molecule has 10 nitrogen and oxygen atoms in total. The average Bonchev–Trinajstić information content (AvgIpc) is 3.64. The van der Waals surface area contributed by atoms with Gasteiger partial charge >= 0.3 is 5.97 Å². The largest absolute Gasteiger partial charge is 0.497 e. The van der Waals surface area contributed by atoms with Crippen LogP contribution in [0.1, 0.15) is 58.4 Å². The summed E-state index contributed by atoms with van der Waals surface area (Å²) in [6.07, 6.45) is 3.23. The molecule has 1 aliphatic carbocycles. The first kappa shape index (κ1) is 30.7. The Morgan fingerprint density at radius 3 is 2.05 bits per heavy atom. The third-order valence-corrected chi connectivity index (χ3v) is 8.94. The second-order valence-electron chi connectivity index (χ2n) is 11.5. The summed E-state index contributed by atoms with van der Waals surface area (Å²) in [5.41, 5.74) is 1.38. The van der Waals surface area contributed by atoms with Gasteiger partial charge < -0.3 is 20.5 Å². The van der Waals surface area contributed by atoms with Crippen molar-refractivity contribution in [3.8, 4) is 5.75 Å². The van der Waals surface area contributed by atoms with Crippen LogP contribution in [0.25, 0.3) is 10.8 Å². The van der Waals surface area contributed by atoms with E-state index in [9.17, 15) is 29.1 Å². The van der Waals surface area contributed by atoms with Crippen LogP contribution in [0.15, 0.2) is 60.7 Å². The molecule has 3 aromatic carbocycles. The molecule has 3 N–H and O–H groups in total. The van der Waals surface area contributed by atoms with E-state index >= 15 is 0 Å². The van der Waals surface area contributed by atoms with Crippen LogP contribution in [-0.4, -0.2) is 66.3 Å². The predicted molar refractivity (Wildman–Crippen MR) is 163 cm³/mol. The van der Waals surface area contributed by atoms with E-state index in [1.54, 1.807) is 43.5 Å². The van der Waals surface area contributed by atoms with Gasteiger partial charge in [0.25, 0.3) is 11.8 Å². The zero-order chi connectivity index (χ0) is 31.4. The van der Waals surface area contributed by atoms with Crippen LogP contribution in [0.4, 0.5) is 0 Å². The average molecular weight is 600 g/mol. The SMILES string of the molecule is CNC(=O)C(Cc1ccc(OC)cc1)NC(=O)C(C1CCCC1)C(CCN1C(=O)c2cc3ccccc3cc2C1=O)C(=O)O. The minimum Gasteiger partial charge on any atom is -0.497 e. The number of carboxylic acids is 1. The fourth-order valence-electron chi connectivity index (χ4n) is 6.60. The fourth-order valence-corrected chi connectivity index (χ4v) is 6.60. The Kier molecular flexibility index (Phi) is 9.27. The molecule has 0 saturated heterocycles. The second-order valence-corrected chi connectivity index (χ2v) is 11.5. The van der Waals surface area contributed by atoms with E-state index in [2.05, 4.69) is 10.6 Å². The van der Waals surface area contributed by atoms with Crippen molar-refractivity contribution in [3.63, 3.8) is 0 Å². The summed E-state index contributed by atoms with van der Waals surface area (Å²) in [7, 11) is 3.04.